The summed E-state index contributed by atoms with van der Waals surface area (Å²) in [6.45, 7) is 0. The highest BCUT2D eigenvalue weighted by atomic mass is 35.5. The second-order valence-electron chi connectivity index (χ2n) is 2.63. The Bertz CT molecular complexity index is 488. The van der Waals surface area contributed by atoms with E-state index in [1.807, 2.05) is 0 Å². The third-order valence-corrected chi connectivity index (χ3v) is 2.84. The summed E-state index contributed by atoms with van der Waals surface area (Å²) in [6, 6.07) is 4.63. The fraction of sp³-hybridized carbons (Fsp3) is 0. The average Bonchev–Trinajstić information content (AvgIpc) is 2.60. The molecule has 0 radical (unpaired) electrons. The van der Waals surface area contributed by atoms with Crippen molar-refractivity contribution in [2.45, 2.75) is 0 Å². The van der Waals surface area contributed by atoms with Crippen molar-refractivity contribution in [3.8, 4) is 0 Å². The first kappa shape index (κ1) is 10.6. The zero-order valence-corrected chi connectivity index (χ0v) is 9.50. The summed E-state index contributed by atoms with van der Waals surface area (Å²) in [7, 11) is 0. The Hall–Kier alpha value is -0.910. The first-order valence-electron chi connectivity index (χ1n) is 3.87. The topological polar surface area (TPSA) is 37.8 Å². The Morgan fingerprint density at radius 2 is 2.07 bits per heavy atom. The molecule has 0 aliphatic rings. The number of hydrogen-bond donors (Lipinski definition) is 1. The van der Waals surface area contributed by atoms with Crippen LogP contribution in [0, 0.1) is 5.82 Å². The molecule has 0 saturated heterocycles. The molecule has 78 valence electrons. The standard InChI is InChI=1S/C8H4Cl2FN3S/c9-4-2-1-3-5(6(4)11)12-8-7(10)13-15-14-8/h1-3H,(H,12,14). The van der Waals surface area contributed by atoms with Gasteiger partial charge in [0, 0.05) is 0 Å². The molecule has 0 saturated carbocycles. The SMILES string of the molecule is Fc1c(Cl)cccc1Nc1nsnc1Cl. The van der Waals surface area contributed by atoms with Crippen LogP contribution in [0.1, 0.15) is 0 Å². The van der Waals surface area contributed by atoms with Crippen LogP contribution in [0.3, 0.4) is 0 Å². The minimum atomic E-state index is -0.539. The normalized spacial score (nSPS) is 10.3. The van der Waals surface area contributed by atoms with Crippen LogP contribution in [0.25, 0.3) is 0 Å². The second kappa shape index (κ2) is 4.30. The maximum Gasteiger partial charge on any atom is 0.187 e. The Morgan fingerprint density at radius 1 is 1.27 bits per heavy atom. The van der Waals surface area contributed by atoms with E-state index in [0.29, 0.717) is 5.82 Å². The number of nitrogens with zero attached hydrogens (tertiary/aromatic N) is 2. The van der Waals surface area contributed by atoms with Gasteiger partial charge in [-0.3, -0.25) is 0 Å². The molecule has 1 N–H and O–H groups in total. The van der Waals surface area contributed by atoms with Crippen molar-refractivity contribution in [2.75, 3.05) is 5.32 Å². The number of benzene rings is 1. The van der Waals surface area contributed by atoms with Crippen molar-refractivity contribution in [3.63, 3.8) is 0 Å². The van der Waals surface area contributed by atoms with E-state index in [-0.39, 0.29) is 15.9 Å². The lowest BCUT2D eigenvalue weighted by atomic mass is 10.3. The van der Waals surface area contributed by atoms with E-state index < -0.39 is 5.82 Å². The molecule has 2 rings (SSSR count). The highest BCUT2D eigenvalue weighted by molar-refractivity contribution is 6.99. The van der Waals surface area contributed by atoms with Gasteiger partial charge in [0.15, 0.2) is 16.8 Å². The Balaban J connectivity index is 2.33. The molecule has 7 heteroatoms. The van der Waals surface area contributed by atoms with Gasteiger partial charge in [-0.15, -0.1) is 0 Å². The molecule has 2 aromatic rings. The van der Waals surface area contributed by atoms with Crippen LogP contribution < -0.4 is 5.32 Å². The predicted molar refractivity (Wildman–Crippen MR) is 59.6 cm³/mol. The summed E-state index contributed by atoms with van der Waals surface area (Å²) >= 11 is 12.3. The van der Waals surface area contributed by atoms with E-state index in [4.69, 9.17) is 23.2 Å². The van der Waals surface area contributed by atoms with E-state index in [9.17, 15) is 4.39 Å². The van der Waals surface area contributed by atoms with Crippen LogP contribution in [0.2, 0.25) is 10.2 Å². The molecule has 0 amide bonds. The summed E-state index contributed by atoms with van der Waals surface area (Å²) in [5.74, 6) is -0.217. The van der Waals surface area contributed by atoms with Crippen molar-refractivity contribution in [1.82, 2.24) is 8.75 Å². The number of hydrogen-bond acceptors (Lipinski definition) is 4. The summed E-state index contributed by atoms with van der Waals surface area (Å²) in [5.41, 5.74) is 0.220. The van der Waals surface area contributed by atoms with Crippen molar-refractivity contribution in [2.24, 2.45) is 0 Å². The van der Waals surface area contributed by atoms with Gasteiger partial charge in [0.1, 0.15) is 0 Å². The summed E-state index contributed by atoms with van der Waals surface area (Å²) in [5, 5.41) is 2.96. The minimum absolute atomic E-state index is 0.0410. The lowest BCUT2D eigenvalue weighted by Crippen LogP contribution is -1.94. The molecule has 1 aromatic carbocycles. The molecule has 0 bridgehead atoms. The van der Waals surface area contributed by atoms with Crippen LogP contribution in [0.5, 0.6) is 0 Å². The van der Waals surface area contributed by atoms with Crippen LogP contribution in [0.15, 0.2) is 18.2 Å². The molecule has 0 atom stereocenters. The van der Waals surface area contributed by atoms with Crippen molar-refractivity contribution >= 4 is 46.4 Å². The third-order valence-electron chi connectivity index (χ3n) is 1.65. The molecular weight excluding hydrogens is 260 g/mol. The van der Waals surface area contributed by atoms with Crippen LogP contribution in [-0.4, -0.2) is 8.75 Å². The highest BCUT2D eigenvalue weighted by Crippen LogP contribution is 2.27. The Morgan fingerprint density at radius 3 is 2.73 bits per heavy atom. The van der Waals surface area contributed by atoms with Crippen molar-refractivity contribution in [3.05, 3.63) is 34.2 Å². The molecule has 0 fully saturated rings. The lowest BCUT2D eigenvalue weighted by molar-refractivity contribution is 0.632. The molecule has 0 unspecified atom stereocenters. The van der Waals surface area contributed by atoms with Crippen LogP contribution >= 0.6 is 34.9 Å². The maximum atomic E-state index is 13.4. The second-order valence-corrected chi connectivity index (χ2v) is 3.92. The van der Waals surface area contributed by atoms with Gasteiger partial charge in [-0.25, -0.2) is 4.39 Å². The predicted octanol–water partition coefficient (Wildman–Crippen LogP) is 3.73. The number of aromatic nitrogens is 2. The van der Waals surface area contributed by atoms with Crippen molar-refractivity contribution < 1.29 is 4.39 Å². The number of nitrogens with one attached hydrogen (secondary N) is 1. The molecule has 15 heavy (non-hydrogen) atoms. The first-order valence-corrected chi connectivity index (χ1v) is 5.36. The molecule has 3 nitrogen and oxygen atoms in total. The number of anilines is 2. The molecule has 1 heterocycles. The molecule has 1 aromatic heterocycles. The minimum Gasteiger partial charge on any atom is -0.334 e. The van der Waals surface area contributed by atoms with E-state index in [2.05, 4.69) is 14.1 Å². The van der Waals surface area contributed by atoms with E-state index in [1.165, 1.54) is 12.1 Å². The number of halogens is 3. The van der Waals surface area contributed by atoms with E-state index in [0.717, 1.165) is 11.7 Å². The van der Waals surface area contributed by atoms with Crippen molar-refractivity contribution in [1.29, 1.82) is 0 Å². The van der Waals surface area contributed by atoms with Gasteiger partial charge in [0.05, 0.1) is 22.4 Å². The Kier molecular flexibility index (Phi) is 3.04. The maximum absolute atomic E-state index is 13.4. The quantitative estimate of drug-likeness (QED) is 0.898. The van der Waals surface area contributed by atoms with Gasteiger partial charge in [0.25, 0.3) is 0 Å². The summed E-state index contributed by atoms with van der Waals surface area (Å²) in [6.07, 6.45) is 0. The number of rotatable bonds is 2. The fourth-order valence-corrected chi connectivity index (χ4v) is 1.80. The first-order chi connectivity index (χ1) is 7.18. The molecule has 0 aliphatic heterocycles. The van der Waals surface area contributed by atoms with Gasteiger partial charge < -0.3 is 5.32 Å². The van der Waals surface area contributed by atoms with Crippen LogP contribution in [-0.2, 0) is 0 Å². The zero-order chi connectivity index (χ0) is 10.8. The van der Waals surface area contributed by atoms with Gasteiger partial charge in [-0.05, 0) is 12.1 Å². The molecule has 0 spiro atoms. The molecular formula is C8H4Cl2FN3S. The fourth-order valence-electron chi connectivity index (χ4n) is 0.980. The van der Waals surface area contributed by atoms with Gasteiger partial charge in [-0.1, -0.05) is 29.3 Å². The Labute approximate surface area is 99.2 Å². The van der Waals surface area contributed by atoms with Gasteiger partial charge in [0.2, 0.25) is 0 Å². The average molecular weight is 264 g/mol. The molecule has 0 aliphatic carbocycles. The summed E-state index contributed by atoms with van der Waals surface area (Å²) in [4.78, 5) is 0. The highest BCUT2D eigenvalue weighted by Gasteiger charge is 2.10. The summed E-state index contributed by atoms with van der Waals surface area (Å²) < 4.78 is 21.0. The van der Waals surface area contributed by atoms with Gasteiger partial charge >= 0.3 is 0 Å². The van der Waals surface area contributed by atoms with Crippen LogP contribution in [0.4, 0.5) is 15.9 Å². The monoisotopic (exact) mass is 263 g/mol. The third kappa shape index (κ3) is 2.19. The van der Waals surface area contributed by atoms with Gasteiger partial charge in [-0.2, -0.15) is 8.75 Å². The smallest absolute Gasteiger partial charge is 0.187 e. The largest absolute Gasteiger partial charge is 0.334 e. The lowest BCUT2D eigenvalue weighted by Gasteiger charge is -2.04. The van der Waals surface area contributed by atoms with E-state index in [1.54, 1.807) is 6.07 Å². The van der Waals surface area contributed by atoms with E-state index >= 15 is 0 Å². The zero-order valence-electron chi connectivity index (χ0n) is 7.17.